The standard InChI is InChI=1S/C19H18N2O5S2/c22-27(23)17-8-4-6-14-5-3-7-16(19(14)17)21(27)13-15-9-10-18(26-15)28(24,25)20-11-1-2-12-20/h3-10H,1-2,11-13H2. The Morgan fingerprint density at radius 3 is 2.43 bits per heavy atom. The Kier molecular flexibility index (Phi) is 3.84. The van der Waals surface area contributed by atoms with Gasteiger partial charge in [0.2, 0.25) is 5.09 Å². The third kappa shape index (κ3) is 2.50. The Morgan fingerprint density at radius 1 is 0.964 bits per heavy atom. The molecule has 0 unspecified atom stereocenters. The molecule has 0 bridgehead atoms. The fourth-order valence-electron chi connectivity index (χ4n) is 3.91. The molecule has 0 radical (unpaired) electrons. The highest BCUT2D eigenvalue weighted by molar-refractivity contribution is 7.93. The molecule has 2 aliphatic heterocycles. The minimum absolute atomic E-state index is 0.0638. The van der Waals surface area contributed by atoms with E-state index in [1.807, 2.05) is 12.1 Å². The van der Waals surface area contributed by atoms with Crippen molar-refractivity contribution >= 4 is 36.5 Å². The van der Waals surface area contributed by atoms with Crippen LogP contribution in [0, 0.1) is 0 Å². The summed E-state index contributed by atoms with van der Waals surface area (Å²) >= 11 is 0. The summed E-state index contributed by atoms with van der Waals surface area (Å²) in [5, 5.41) is 1.39. The fourth-order valence-corrected chi connectivity index (χ4v) is 7.03. The summed E-state index contributed by atoms with van der Waals surface area (Å²) in [6.45, 7) is 0.901. The van der Waals surface area contributed by atoms with Gasteiger partial charge in [-0.2, -0.15) is 4.31 Å². The van der Waals surface area contributed by atoms with Crippen molar-refractivity contribution in [1.82, 2.24) is 4.31 Å². The molecule has 1 fully saturated rings. The second kappa shape index (κ2) is 6.07. The SMILES string of the molecule is O=S(=O)(c1ccc(CN2c3cccc4cccc(c34)S2(=O)=O)o1)N1CCCC1. The van der Waals surface area contributed by atoms with Crippen LogP contribution in [-0.4, -0.2) is 34.2 Å². The van der Waals surface area contributed by atoms with Crippen LogP contribution in [0.2, 0.25) is 0 Å². The van der Waals surface area contributed by atoms with Gasteiger partial charge in [0.15, 0.2) is 0 Å². The Labute approximate surface area is 163 Å². The van der Waals surface area contributed by atoms with Crippen LogP contribution in [0.1, 0.15) is 18.6 Å². The molecular formula is C19H18N2O5S2. The van der Waals surface area contributed by atoms with E-state index >= 15 is 0 Å². The van der Waals surface area contributed by atoms with Crippen molar-refractivity contribution in [2.24, 2.45) is 0 Å². The van der Waals surface area contributed by atoms with Gasteiger partial charge in [-0.1, -0.05) is 24.3 Å². The molecule has 2 aromatic carbocycles. The van der Waals surface area contributed by atoms with Gasteiger partial charge in [-0.25, -0.2) is 16.8 Å². The van der Waals surface area contributed by atoms with E-state index in [2.05, 4.69) is 0 Å². The summed E-state index contributed by atoms with van der Waals surface area (Å²) in [5.74, 6) is 0.283. The van der Waals surface area contributed by atoms with E-state index in [0.29, 0.717) is 24.2 Å². The van der Waals surface area contributed by atoms with Crippen molar-refractivity contribution < 1.29 is 21.3 Å². The van der Waals surface area contributed by atoms with E-state index in [1.54, 1.807) is 24.3 Å². The van der Waals surface area contributed by atoms with E-state index in [-0.39, 0.29) is 22.3 Å². The van der Waals surface area contributed by atoms with E-state index in [4.69, 9.17) is 4.42 Å². The molecule has 7 nitrogen and oxygen atoms in total. The highest BCUT2D eigenvalue weighted by atomic mass is 32.2. The van der Waals surface area contributed by atoms with Gasteiger partial charge in [0.05, 0.1) is 17.1 Å². The van der Waals surface area contributed by atoms with E-state index < -0.39 is 20.0 Å². The van der Waals surface area contributed by atoms with Gasteiger partial charge in [0.25, 0.3) is 20.0 Å². The van der Waals surface area contributed by atoms with Crippen LogP contribution >= 0.6 is 0 Å². The van der Waals surface area contributed by atoms with E-state index in [0.717, 1.165) is 18.2 Å². The number of rotatable bonds is 4. The molecule has 0 amide bonds. The van der Waals surface area contributed by atoms with Crippen molar-refractivity contribution in [3.8, 4) is 0 Å². The van der Waals surface area contributed by atoms with Gasteiger partial charge in [-0.3, -0.25) is 4.31 Å². The molecule has 3 heterocycles. The Bertz CT molecular complexity index is 1280. The normalized spacial score (nSPS) is 18.9. The van der Waals surface area contributed by atoms with Gasteiger partial charge < -0.3 is 4.42 Å². The minimum Gasteiger partial charge on any atom is -0.446 e. The first-order chi connectivity index (χ1) is 13.4. The summed E-state index contributed by atoms with van der Waals surface area (Å²) < 4.78 is 59.6. The van der Waals surface area contributed by atoms with Crippen molar-refractivity contribution in [2.45, 2.75) is 29.4 Å². The zero-order valence-electron chi connectivity index (χ0n) is 14.9. The molecule has 0 aliphatic carbocycles. The zero-order valence-corrected chi connectivity index (χ0v) is 16.5. The summed E-state index contributed by atoms with van der Waals surface area (Å²) in [7, 11) is -7.40. The molecule has 0 atom stereocenters. The zero-order chi connectivity index (χ0) is 19.5. The van der Waals surface area contributed by atoms with Gasteiger partial charge >= 0.3 is 0 Å². The average Bonchev–Trinajstić information content (AvgIpc) is 3.40. The first kappa shape index (κ1) is 17.7. The number of benzene rings is 2. The maximum absolute atomic E-state index is 13.0. The van der Waals surface area contributed by atoms with Crippen LogP contribution < -0.4 is 4.31 Å². The van der Waals surface area contributed by atoms with Gasteiger partial charge in [-0.05, 0) is 42.5 Å². The summed E-state index contributed by atoms with van der Waals surface area (Å²) in [5.41, 5.74) is 0.577. The number of hydrogen-bond donors (Lipinski definition) is 0. The second-order valence-electron chi connectivity index (χ2n) is 6.98. The predicted octanol–water partition coefficient (Wildman–Crippen LogP) is 2.93. The monoisotopic (exact) mass is 418 g/mol. The van der Waals surface area contributed by atoms with E-state index in [9.17, 15) is 16.8 Å². The van der Waals surface area contributed by atoms with Crippen LogP contribution in [0.25, 0.3) is 10.8 Å². The molecule has 0 spiro atoms. The third-order valence-corrected chi connectivity index (χ3v) is 8.85. The third-order valence-electron chi connectivity index (χ3n) is 5.28. The molecule has 3 aromatic rings. The first-order valence-electron chi connectivity index (χ1n) is 9.02. The number of hydrogen-bond acceptors (Lipinski definition) is 5. The lowest BCUT2D eigenvalue weighted by Crippen LogP contribution is -2.27. The molecule has 9 heteroatoms. The van der Waals surface area contributed by atoms with Crippen molar-refractivity contribution in [3.63, 3.8) is 0 Å². The predicted molar refractivity (Wildman–Crippen MR) is 104 cm³/mol. The van der Waals surface area contributed by atoms with Gasteiger partial charge in [0, 0.05) is 18.5 Å². The lowest BCUT2D eigenvalue weighted by Gasteiger charge is -2.17. The minimum atomic E-state index is -3.73. The van der Waals surface area contributed by atoms with Crippen LogP contribution in [0.15, 0.2) is 62.9 Å². The molecular weight excluding hydrogens is 400 g/mol. The molecule has 146 valence electrons. The molecule has 1 aromatic heterocycles. The number of anilines is 1. The molecule has 0 N–H and O–H groups in total. The van der Waals surface area contributed by atoms with Crippen LogP contribution in [-0.2, 0) is 26.6 Å². The Morgan fingerprint density at radius 2 is 1.68 bits per heavy atom. The highest BCUT2D eigenvalue weighted by Crippen LogP contribution is 2.42. The largest absolute Gasteiger partial charge is 0.446 e. The summed E-state index contributed by atoms with van der Waals surface area (Å²) in [6, 6.07) is 13.5. The quantitative estimate of drug-likeness (QED) is 0.650. The van der Waals surface area contributed by atoms with Crippen LogP contribution in [0.5, 0.6) is 0 Å². The molecule has 5 rings (SSSR count). The smallest absolute Gasteiger partial charge is 0.276 e. The lowest BCUT2D eigenvalue weighted by atomic mass is 10.1. The lowest BCUT2D eigenvalue weighted by molar-refractivity contribution is 0.390. The van der Waals surface area contributed by atoms with E-state index in [1.165, 1.54) is 20.7 Å². The van der Waals surface area contributed by atoms with Crippen LogP contribution in [0.3, 0.4) is 0 Å². The highest BCUT2D eigenvalue weighted by Gasteiger charge is 2.36. The Hall–Kier alpha value is -2.36. The summed E-state index contributed by atoms with van der Waals surface area (Å²) in [4.78, 5) is 0.261. The van der Waals surface area contributed by atoms with Crippen molar-refractivity contribution in [3.05, 3.63) is 54.3 Å². The Balaban J connectivity index is 1.51. The molecule has 1 saturated heterocycles. The second-order valence-corrected chi connectivity index (χ2v) is 10.7. The topological polar surface area (TPSA) is 87.9 Å². The average molecular weight is 418 g/mol. The first-order valence-corrected chi connectivity index (χ1v) is 11.9. The van der Waals surface area contributed by atoms with Crippen molar-refractivity contribution in [2.75, 3.05) is 17.4 Å². The number of sulfonamides is 2. The van der Waals surface area contributed by atoms with Gasteiger partial charge in [0.1, 0.15) is 5.76 Å². The maximum Gasteiger partial charge on any atom is 0.276 e. The summed E-state index contributed by atoms with van der Waals surface area (Å²) in [6.07, 6.45) is 1.67. The van der Waals surface area contributed by atoms with Crippen LogP contribution in [0.4, 0.5) is 5.69 Å². The fraction of sp³-hybridized carbons (Fsp3) is 0.263. The number of nitrogens with zero attached hydrogens (tertiary/aromatic N) is 2. The van der Waals surface area contributed by atoms with Crippen molar-refractivity contribution in [1.29, 1.82) is 0 Å². The van der Waals surface area contributed by atoms with Gasteiger partial charge in [-0.15, -0.1) is 0 Å². The molecule has 2 aliphatic rings. The molecule has 28 heavy (non-hydrogen) atoms. The number of furan rings is 1. The maximum atomic E-state index is 13.0. The molecule has 0 saturated carbocycles.